The summed E-state index contributed by atoms with van der Waals surface area (Å²) in [6.07, 6.45) is 0. The molecule has 0 radical (unpaired) electrons. The molecule has 0 aliphatic heterocycles. The van der Waals surface area contributed by atoms with Gasteiger partial charge in [-0.1, -0.05) is 13.8 Å². The highest BCUT2D eigenvalue weighted by Crippen LogP contribution is 2.24. The van der Waals surface area contributed by atoms with Crippen molar-refractivity contribution in [3.05, 3.63) is 0 Å². The minimum Gasteiger partial charge on any atom is -0.389 e. The predicted molar refractivity (Wildman–Crippen MR) is 40.2 cm³/mol. The maximum atomic E-state index is 9.64. The van der Waals surface area contributed by atoms with Gasteiger partial charge in [-0.3, -0.25) is 0 Å². The third-order valence-electron chi connectivity index (χ3n) is 2.24. The van der Waals surface area contributed by atoms with Crippen LogP contribution in [0, 0.1) is 23.2 Å². The molecule has 58 valence electrons. The maximum absolute atomic E-state index is 9.64. The van der Waals surface area contributed by atoms with E-state index in [2.05, 4.69) is 0 Å². The second kappa shape index (κ2) is 3.03. The van der Waals surface area contributed by atoms with Crippen LogP contribution in [-0.2, 0) is 0 Å². The number of rotatable bonds is 2. The minimum atomic E-state index is -0.852. The van der Waals surface area contributed by atoms with Crippen molar-refractivity contribution < 1.29 is 5.11 Å². The average molecular weight is 141 g/mol. The van der Waals surface area contributed by atoms with E-state index in [0.717, 1.165) is 0 Å². The van der Waals surface area contributed by atoms with Crippen molar-refractivity contribution in [3.8, 4) is 6.07 Å². The molecule has 0 heterocycles. The fraction of sp³-hybridized carbons (Fsp3) is 0.875. The van der Waals surface area contributed by atoms with Crippen LogP contribution in [0.2, 0.25) is 0 Å². The number of nitrogens with zero attached hydrogens (tertiary/aromatic N) is 1. The summed E-state index contributed by atoms with van der Waals surface area (Å²) in [5, 5.41) is 18.1. The molecule has 0 aromatic heterocycles. The van der Waals surface area contributed by atoms with Gasteiger partial charge in [0, 0.05) is 0 Å². The molecule has 0 aromatic carbocycles. The van der Waals surface area contributed by atoms with E-state index in [-0.39, 0.29) is 11.8 Å². The Morgan fingerprint density at radius 1 is 1.40 bits per heavy atom. The Labute approximate surface area is 62.5 Å². The Kier molecular flexibility index (Phi) is 2.86. The molecule has 2 nitrogen and oxygen atoms in total. The summed E-state index contributed by atoms with van der Waals surface area (Å²) < 4.78 is 0. The van der Waals surface area contributed by atoms with Crippen LogP contribution in [0.1, 0.15) is 27.7 Å². The summed E-state index contributed by atoms with van der Waals surface area (Å²) >= 11 is 0. The van der Waals surface area contributed by atoms with Crippen molar-refractivity contribution in [1.29, 1.82) is 5.26 Å². The van der Waals surface area contributed by atoms with Crippen LogP contribution in [0.15, 0.2) is 0 Å². The van der Waals surface area contributed by atoms with Gasteiger partial charge in [-0.2, -0.15) is 5.26 Å². The van der Waals surface area contributed by atoms with Crippen LogP contribution >= 0.6 is 0 Å². The van der Waals surface area contributed by atoms with Gasteiger partial charge in [-0.05, 0) is 19.8 Å². The van der Waals surface area contributed by atoms with Crippen LogP contribution in [0.3, 0.4) is 0 Å². The van der Waals surface area contributed by atoms with E-state index in [1.807, 2.05) is 19.9 Å². The molecule has 10 heavy (non-hydrogen) atoms. The van der Waals surface area contributed by atoms with Gasteiger partial charge < -0.3 is 5.11 Å². The van der Waals surface area contributed by atoms with Crippen molar-refractivity contribution in [2.45, 2.75) is 33.3 Å². The average Bonchev–Trinajstić information content (AvgIpc) is 1.86. The van der Waals surface area contributed by atoms with Crippen molar-refractivity contribution in [3.63, 3.8) is 0 Å². The zero-order valence-corrected chi connectivity index (χ0v) is 7.05. The van der Waals surface area contributed by atoms with Crippen LogP contribution in [0.5, 0.6) is 0 Å². The molecule has 2 heteroatoms. The fourth-order valence-corrected chi connectivity index (χ4v) is 0.631. The molecule has 0 aliphatic rings. The first-order valence-electron chi connectivity index (χ1n) is 3.55. The molecule has 0 rings (SSSR count). The number of hydrogen-bond acceptors (Lipinski definition) is 2. The fourth-order valence-electron chi connectivity index (χ4n) is 0.631. The molecule has 2 unspecified atom stereocenters. The summed E-state index contributed by atoms with van der Waals surface area (Å²) in [4.78, 5) is 0. The highest BCUT2D eigenvalue weighted by molar-refractivity contribution is 4.94. The molecular weight excluding hydrogens is 126 g/mol. The molecule has 0 saturated heterocycles. The Morgan fingerprint density at radius 2 is 1.80 bits per heavy atom. The van der Waals surface area contributed by atoms with E-state index >= 15 is 0 Å². The van der Waals surface area contributed by atoms with E-state index in [9.17, 15) is 5.11 Å². The van der Waals surface area contributed by atoms with Gasteiger partial charge in [0.15, 0.2) is 0 Å². The van der Waals surface area contributed by atoms with E-state index in [1.165, 1.54) is 0 Å². The zero-order valence-electron chi connectivity index (χ0n) is 7.05. The van der Waals surface area contributed by atoms with Gasteiger partial charge in [-0.25, -0.2) is 0 Å². The third kappa shape index (κ3) is 1.71. The van der Waals surface area contributed by atoms with E-state index in [4.69, 9.17) is 5.26 Å². The van der Waals surface area contributed by atoms with Crippen molar-refractivity contribution in [2.75, 3.05) is 0 Å². The third-order valence-corrected chi connectivity index (χ3v) is 2.24. The van der Waals surface area contributed by atoms with Gasteiger partial charge in [0.2, 0.25) is 0 Å². The Morgan fingerprint density at radius 3 is 1.90 bits per heavy atom. The summed E-state index contributed by atoms with van der Waals surface area (Å²) in [5.74, 6) is -0.172. The lowest BCUT2D eigenvalue weighted by Crippen LogP contribution is -2.37. The minimum absolute atomic E-state index is 0.127. The van der Waals surface area contributed by atoms with E-state index < -0.39 is 5.60 Å². The van der Waals surface area contributed by atoms with Gasteiger partial charge >= 0.3 is 0 Å². The van der Waals surface area contributed by atoms with Crippen molar-refractivity contribution >= 4 is 0 Å². The standard InChI is InChI=1S/C8H15NO/c1-6(2)8(4,10)7(3)5-9/h6-7,10H,1-4H3. The maximum Gasteiger partial charge on any atom is 0.0797 e. The lowest BCUT2D eigenvalue weighted by Gasteiger charge is -2.29. The van der Waals surface area contributed by atoms with E-state index in [1.54, 1.807) is 13.8 Å². The van der Waals surface area contributed by atoms with Gasteiger partial charge in [0.1, 0.15) is 0 Å². The predicted octanol–water partition coefficient (Wildman–Crippen LogP) is 1.55. The molecule has 0 aliphatic carbocycles. The molecule has 0 spiro atoms. The molecule has 0 amide bonds. The summed E-state index contributed by atoms with van der Waals surface area (Å²) in [6, 6.07) is 2.04. The van der Waals surface area contributed by atoms with Crippen molar-refractivity contribution in [1.82, 2.24) is 0 Å². The Bertz CT molecular complexity index is 144. The Balaban J connectivity index is 4.27. The first-order valence-corrected chi connectivity index (χ1v) is 3.55. The van der Waals surface area contributed by atoms with Gasteiger partial charge in [0.05, 0.1) is 17.6 Å². The lowest BCUT2D eigenvalue weighted by molar-refractivity contribution is -0.0166. The van der Waals surface area contributed by atoms with Gasteiger partial charge in [0.25, 0.3) is 0 Å². The van der Waals surface area contributed by atoms with Crippen LogP contribution in [-0.4, -0.2) is 10.7 Å². The highest BCUT2D eigenvalue weighted by Gasteiger charge is 2.31. The largest absolute Gasteiger partial charge is 0.389 e. The summed E-state index contributed by atoms with van der Waals surface area (Å²) in [7, 11) is 0. The molecule has 0 bridgehead atoms. The highest BCUT2D eigenvalue weighted by atomic mass is 16.3. The quantitative estimate of drug-likeness (QED) is 0.634. The Hall–Kier alpha value is -0.550. The monoisotopic (exact) mass is 141 g/mol. The van der Waals surface area contributed by atoms with Crippen molar-refractivity contribution in [2.24, 2.45) is 11.8 Å². The first kappa shape index (κ1) is 9.45. The van der Waals surface area contributed by atoms with Crippen LogP contribution in [0.4, 0.5) is 0 Å². The zero-order chi connectivity index (χ0) is 8.36. The normalized spacial score (nSPS) is 19.7. The SMILES string of the molecule is CC(C)C(C)(O)C(C)C#N. The second-order valence-electron chi connectivity index (χ2n) is 3.23. The molecular formula is C8H15NO. The topological polar surface area (TPSA) is 44.0 Å². The summed E-state index contributed by atoms with van der Waals surface area (Å²) in [5.41, 5.74) is -0.852. The number of nitriles is 1. The first-order chi connectivity index (χ1) is 4.42. The number of hydrogen-bond donors (Lipinski definition) is 1. The van der Waals surface area contributed by atoms with Crippen LogP contribution in [0.25, 0.3) is 0 Å². The lowest BCUT2D eigenvalue weighted by atomic mass is 9.82. The van der Waals surface area contributed by atoms with Crippen LogP contribution < -0.4 is 0 Å². The molecule has 2 atom stereocenters. The molecule has 0 saturated carbocycles. The van der Waals surface area contributed by atoms with E-state index in [0.29, 0.717) is 0 Å². The number of aliphatic hydroxyl groups is 1. The molecule has 1 N–H and O–H groups in total. The summed E-state index contributed by atoms with van der Waals surface area (Å²) in [6.45, 7) is 7.26. The molecule has 0 aromatic rings. The molecule has 0 fully saturated rings. The smallest absolute Gasteiger partial charge is 0.0797 e. The second-order valence-corrected chi connectivity index (χ2v) is 3.23. The van der Waals surface area contributed by atoms with Gasteiger partial charge in [-0.15, -0.1) is 0 Å².